The van der Waals surface area contributed by atoms with E-state index >= 15 is 0 Å². The molecule has 8 aromatic carbocycles. The van der Waals surface area contributed by atoms with Gasteiger partial charge in [-0.05, 0) is 131 Å². The lowest BCUT2D eigenvalue weighted by molar-refractivity contribution is -0.366. The molecule has 0 amide bonds. The lowest BCUT2D eigenvalue weighted by Crippen LogP contribution is -2.39. The van der Waals surface area contributed by atoms with Crippen LogP contribution in [0, 0.1) is 0 Å². The van der Waals surface area contributed by atoms with Crippen molar-refractivity contribution in [3.8, 4) is 41.8 Å². The highest BCUT2D eigenvalue weighted by atomic mass is 32.2. The number of hydrogen-bond donors (Lipinski definition) is 0. The Balaban J connectivity index is 0.000000165. The summed E-state index contributed by atoms with van der Waals surface area (Å²) in [5, 5.41) is 16.6. The number of benzene rings is 8. The Labute approximate surface area is 473 Å². The third kappa shape index (κ3) is 14.7. The molecular weight excluding hydrogens is 1030 g/mol. The third-order valence-corrected chi connectivity index (χ3v) is 17.0. The van der Waals surface area contributed by atoms with Gasteiger partial charge < -0.3 is 14.4 Å². The number of halogens is 1. The molecule has 0 fully saturated rings. The van der Waals surface area contributed by atoms with Gasteiger partial charge in [0.05, 0.1) is 20.9 Å². The van der Waals surface area contributed by atoms with Crippen molar-refractivity contribution in [2.75, 3.05) is 0 Å². The fraction of sp³-hybridized carbons (Fsp3) is 0. The maximum Gasteiger partial charge on any atom is 0.121 e. The third-order valence-electron chi connectivity index (χ3n) is 12.4. The summed E-state index contributed by atoms with van der Waals surface area (Å²) in [5.74, 6) is 0. The lowest BCUT2D eigenvalue weighted by atomic mass is 10.0. The van der Waals surface area contributed by atoms with Gasteiger partial charge in [0.2, 0.25) is 0 Å². The molecule has 10 aromatic rings. The molecule has 2 aliphatic rings. The van der Waals surface area contributed by atoms with Crippen LogP contribution in [0.5, 0.6) is 0 Å². The van der Waals surface area contributed by atoms with Crippen LogP contribution in [-0.2, 0) is 0 Å². The molecular formula is C70H50BFO2S4. The second-order valence-electron chi connectivity index (χ2n) is 18.0. The summed E-state index contributed by atoms with van der Waals surface area (Å²) in [6, 6.07) is 94.6. The average molecular weight is 1080 g/mol. The van der Waals surface area contributed by atoms with Crippen molar-refractivity contribution < 1.29 is 14.4 Å². The summed E-state index contributed by atoms with van der Waals surface area (Å²) in [5.41, 5.74) is 14.7. The van der Waals surface area contributed by atoms with E-state index in [1.165, 1.54) is 106 Å². The topological polar surface area (TPSA) is 46.1 Å². The Bertz CT molecular complexity index is 3300. The monoisotopic (exact) mass is 1080 g/mol. The van der Waals surface area contributed by atoms with E-state index in [0.29, 0.717) is 0 Å². The summed E-state index contributed by atoms with van der Waals surface area (Å²) in [7, 11) is -3.17. The van der Waals surface area contributed by atoms with Gasteiger partial charge in [-0.25, -0.2) is 0 Å². The number of allylic oxidation sites excluding steroid dienone is 6. The summed E-state index contributed by atoms with van der Waals surface area (Å²) in [6.45, 7) is 0. The van der Waals surface area contributed by atoms with Gasteiger partial charge >= 0.3 is 0 Å². The SMILES string of the molecule is C(=C1C=C(c2ccccc2)SC(c2ccccc2)=C1)c1cc(-c2ccccc2)s[c+](-c2ccccc2)c1.C(=C1C=C(c2ccccc2)SC(c2ccccc2)=C1)c1cc(-c2ccccc2)s[c+](-c2ccccc2)c1.[O-]B([O-])F. The summed E-state index contributed by atoms with van der Waals surface area (Å²) in [6.07, 6.45) is 13.9. The van der Waals surface area contributed by atoms with Crippen molar-refractivity contribution in [2.24, 2.45) is 0 Å². The molecule has 0 atom stereocenters. The van der Waals surface area contributed by atoms with Crippen molar-refractivity contribution in [1.29, 1.82) is 0 Å². The smallest absolute Gasteiger partial charge is 0.121 e. The van der Waals surface area contributed by atoms with Crippen molar-refractivity contribution in [3.05, 3.63) is 336 Å². The first-order valence-electron chi connectivity index (χ1n) is 25.4. The molecule has 0 aliphatic carbocycles. The molecule has 4 heterocycles. The Kier molecular flexibility index (Phi) is 18.3. The van der Waals surface area contributed by atoms with Crippen LogP contribution >= 0.6 is 46.2 Å². The first kappa shape index (κ1) is 53.4. The van der Waals surface area contributed by atoms with Gasteiger partial charge in [-0.3, -0.25) is 0 Å². The van der Waals surface area contributed by atoms with E-state index in [1.54, 1.807) is 0 Å². The molecule has 376 valence electrons. The molecule has 78 heavy (non-hydrogen) atoms. The molecule has 2 aliphatic heterocycles. The normalized spacial score (nSPS) is 12.7. The van der Waals surface area contributed by atoms with Crippen LogP contribution in [0.25, 0.3) is 73.5 Å². The molecule has 0 spiro atoms. The van der Waals surface area contributed by atoms with Crippen LogP contribution in [0.2, 0.25) is 0 Å². The Hall–Kier alpha value is -8.05. The number of hydrogen-bond acceptors (Lipinski definition) is 6. The average Bonchev–Trinajstić information content (AvgIpc) is 3.51. The standard InChI is InChI=1S/2C35H25S2.BFO2/c2*1-5-13-28(14-6-1)32-22-26(23-33(36-32)29-15-7-2-8-16-29)21-27-24-34(30-17-9-3-10-18-30)37-35(25-27)31-19-11-4-12-20-31;2-1(3)4/h2*1-25H;/q2*+1;-2. The highest BCUT2D eigenvalue weighted by Gasteiger charge is 2.19. The predicted molar refractivity (Wildman–Crippen MR) is 335 cm³/mol. The second-order valence-corrected chi connectivity index (χ2v) is 22.3. The molecule has 0 unspecified atom stereocenters. The highest BCUT2D eigenvalue weighted by molar-refractivity contribution is 8.17. The molecule has 0 saturated carbocycles. The van der Waals surface area contributed by atoms with E-state index in [1.807, 2.05) is 46.2 Å². The maximum atomic E-state index is 9.89. The van der Waals surface area contributed by atoms with Crippen molar-refractivity contribution >= 4 is 85.4 Å². The number of thioether (sulfide) groups is 2. The zero-order valence-corrected chi connectivity index (χ0v) is 45.5. The second kappa shape index (κ2) is 26.8. The van der Waals surface area contributed by atoms with E-state index in [-0.39, 0.29) is 0 Å². The van der Waals surface area contributed by atoms with Crippen LogP contribution in [0.3, 0.4) is 0 Å². The van der Waals surface area contributed by atoms with Crippen LogP contribution in [0.4, 0.5) is 4.32 Å². The molecule has 12 rings (SSSR count). The summed E-state index contributed by atoms with van der Waals surface area (Å²) in [4.78, 5) is 10.1. The van der Waals surface area contributed by atoms with Gasteiger partial charge in [0.1, 0.15) is 17.1 Å². The van der Waals surface area contributed by atoms with E-state index < -0.39 is 7.40 Å². The zero-order chi connectivity index (χ0) is 53.3. The quantitative estimate of drug-likeness (QED) is 0.101. The molecule has 0 radical (unpaired) electrons. The minimum atomic E-state index is -3.17. The highest BCUT2D eigenvalue weighted by Crippen LogP contribution is 2.46. The van der Waals surface area contributed by atoms with E-state index in [4.69, 9.17) is 10.0 Å². The largest absolute Gasteiger partial charge is 0.867 e. The van der Waals surface area contributed by atoms with Crippen molar-refractivity contribution in [2.45, 2.75) is 0 Å². The van der Waals surface area contributed by atoms with Crippen LogP contribution in [-0.4, -0.2) is 7.40 Å². The zero-order valence-electron chi connectivity index (χ0n) is 42.3. The number of rotatable bonds is 10. The first-order chi connectivity index (χ1) is 38.4. The lowest BCUT2D eigenvalue weighted by Gasteiger charge is -2.17. The fourth-order valence-corrected chi connectivity index (χ4v) is 13.3. The molecule has 8 heteroatoms. The van der Waals surface area contributed by atoms with Gasteiger partial charge in [0.15, 0.2) is 0 Å². The van der Waals surface area contributed by atoms with E-state index in [9.17, 15) is 4.32 Å². The van der Waals surface area contributed by atoms with E-state index in [0.717, 1.165) is 0 Å². The fourth-order valence-electron chi connectivity index (χ4n) is 8.76. The Morgan fingerprint density at radius 2 is 0.564 bits per heavy atom. The van der Waals surface area contributed by atoms with Gasteiger partial charge in [0.25, 0.3) is 0 Å². The van der Waals surface area contributed by atoms with Crippen molar-refractivity contribution in [1.82, 2.24) is 0 Å². The predicted octanol–water partition coefficient (Wildman–Crippen LogP) is 18.8. The van der Waals surface area contributed by atoms with Gasteiger partial charge in [0, 0.05) is 90.4 Å². The first-order valence-corrected chi connectivity index (χ1v) is 28.6. The summed E-state index contributed by atoms with van der Waals surface area (Å²) < 4.78 is 9.89. The van der Waals surface area contributed by atoms with Crippen LogP contribution in [0.15, 0.2) is 302 Å². The van der Waals surface area contributed by atoms with Crippen LogP contribution in [0.1, 0.15) is 33.4 Å². The Morgan fingerprint density at radius 3 is 0.821 bits per heavy atom. The molecule has 2 aromatic heterocycles. The van der Waals surface area contributed by atoms with Crippen molar-refractivity contribution in [3.63, 3.8) is 0 Å². The molecule has 2 nitrogen and oxygen atoms in total. The van der Waals surface area contributed by atoms with Gasteiger partial charge in [-0.15, -0.1) is 0 Å². The Morgan fingerprint density at radius 1 is 0.333 bits per heavy atom. The molecule has 0 saturated heterocycles. The minimum absolute atomic E-state index is 1.20. The molecule has 0 bridgehead atoms. The molecule has 0 N–H and O–H groups in total. The summed E-state index contributed by atoms with van der Waals surface area (Å²) >= 11 is 7.34. The van der Waals surface area contributed by atoms with Gasteiger partial charge in [-0.1, -0.05) is 204 Å². The van der Waals surface area contributed by atoms with E-state index in [2.05, 4.69) is 303 Å². The van der Waals surface area contributed by atoms with Crippen LogP contribution < -0.4 is 10.0 Å². The maximum absolute atomic E-state index is 9.89. The minimum Gasteiger partial charge on any atom is -0.867 e. The van der Waals surface area contributed by atoms with Gasteiger partial charge in [-0.2, -0.15) is 0 Å².